The Morgan fingerprint density at radius 1 is 0.964 bits per heavy atom. The molecule has 1 atom stereocenters. The molecule has 0 heterocycles. The lowest BCUT2D eigenvalue weighted by molar-refractivity contribution is 0.563. The number of para-hydroxylation sites is 1. The third-order valence-corrected chi connectivity index (χ3v) is 5.61. The number of anilines is 1. The molecule has 0 aliphatic rings. The van der Waals surface area contributed by atoms with E-state index < -0.39 is 0 Å². The monoisotopic (exact) mass is 375 g/mol. The molecule has 1 unspecified atom stereocenters. The summed E-state index contributed by atoms with van der Waals surface area (Å²) in [5.41, 5.74) is 11.5. The topological polar surface area (TPSA) is 12.0 Å². The summed E-state index contributed by atoms with van der Waals surface area (Å²) in [7, 11) is 0. The van der Waals surface area contributed by atoms with Gasteiger partial charge in [0.1, 0.15) is 0 Å². The minimum absolute atomic E-state index is 0.585. The summed E-state index contributed by atoms with van der Waals surface area (Å²) >= 11 is 0. The molecule has 1 heteroatoms. The molecule has 0 fully saturated rings. The lowest BCUT2D eigenvalue weighted by atomic mass is 9.83. The molecule has 0 bridgehead atoms. The van der Waals surface area contributed by atoms with E-state index in [2.05, 4.69) is 90.3 Å². The molecule has 0 radical (unpaired) electrons. The van der Waals surface area contributed by atoms with Crippen LogP contribution < -0.4 is 5.32 Å². The first-order valence-corrected chi connectivity index (χ1v) is 10.5. The predicted molar refractivity (Wildman–Crippen MR) is 126 cm³/mol. The van der Waals surface area contributed by atoms with Crippen LogP contribution in [0.3, 0.4) is 0 Å². The zero-order chi connectivity index (χ0) is 20.8. The Hall–Kier alpha value is -2.28. The Bertz CT molecular complexity index is 834. The number of allylic oxidation sites excluding steroid dienone is 2. The Kier molecular flexibility index (Phi) is 7.69. The third kappa shape index (κ3) is 5.38. The molecule has 0 aliphatic heterocycles. The highest BCUT2D eigenvalue weighted by Crippen LogP contribution is 2.34. The van der Waals surface area contributed by atoms with Crippen molar-refractivity contribution in [2.75, 3.05) is 5.32 Å². The number of hydrogen-bond donors (Lipinski definition) is 1. The lowest BCUT2D eigenvalue weighted by Crippen LogP contribution is -2.08. The van der Waals surface area contributed by atoms with Gasteiger partial charge in [0, 0.05) is 16.9 Å². The molecule has 0 aromatic heterocycles. The lowest BCUT2D eigenvalue weighted by Gasteiger charge is -2.23. The van der Waals surface area contributed by atoms with Gasteiger partial charge in [-0.3, -0.25) is 0 Å². The van der Waals surface area contributed by atoms with Crippen LogP contribution in [0.5, 0.6) is 0 Å². The average molecular weight is 376 g/mol. The maximum Gasteiger partial charge on any atom is 0.0487 e. The fourth-order valence-electron chi connectivity index (χ4n) is 4.39. The second-order valence-electron chi connectivity index (χ2n) is 8.34. The van der Waals surface area contributed by atoms with E-state index in [4.69, 9.17) is 0 Å². The van der Waals surface area contributed by atoms with E-state index >= 15 is 0 Å². The van der Waals surface area contributed by atoms with Crippen molar-refractivity contribution in [2.45, 2.75) is 73.1 Å². The smallest absolute Gasteiger partial charge is 0.0487 e. The highest BCUT2D eigenvalue weighted by atomic mass is 14.9. The van der Waals surface area contributed by atoms with Gasteiger partial charge in [-0.15, -0.1) is 0 Å². The number of hydrogen-bond acceptors (Lipinski definition) is 1. The molecule has 1 N–H and O–H groups in total. The van der Waals surface area contributed by atoms with Crippen LogP contribution in [-0.4, -0.2) is 0 Å². The maximum atomic E-state index is 4.34. The summed E-state index contributed by atoms with van der Waals surface area (Å²) in [6, 6.07) is 11.0. The van der Waals surface area contributed by atoms with Gasteiger partial charge in [-0.1, -0.05) is 62.4 Å². The summed E-state index contributed by atoms with van der Waals surface area (Å²) in [6.45, 7) is 21.7. The zero-order valence-electron chi connectivity index (χ0n) is 18.7. The summed E-state index contributed by atoms with van der Waals surface area (Å²) in [6.07, 6.45) is 4.52. The van der Waals surface area contributed by atoms with Crippen molar-refractivity contribution in [1.82, 2.24) is 0 Å². The number of nitrogens with one attached hydrogen (secondary N) is 1. The number of benzene rings is 2. The Morgan fingerprint density at radius 2 is 1.61 bits per heavy atom. The van der Waals surface area contributed by atoms with Crippen LogP contribution in [0.25, 0.3) is 5.57 Å². The number of rotatable bonds is 9. The fourth-order valence-corrected chi connectivity index (χ4v) is 4.39. The normalized spacial score (nSPS) is 11.9. The minimum Gasteiger partial charge on any atom is -0.359 e. The van der Waals surface area contributed by atoms with Crippen LogP contribution in [0.4, 0.5) is 5.69 Å². The van der Waals surface area contributed by atoms with Crippen molar-refractivity contribution in [3.63, 3.8) is 0 Å². The fraction of sp³-hybridized carbons (Fsp3) is 0.407. The quantitative estimate of drug-likeness (QED) is 0.465. The molecule has 0 saturated carbocycles. The molecule has 0 saturated heterocycles. The van der Waals surface area contributed by atoms with Crippen LogP contribution >= 0.6 is 0 Å². The summed E-state index contributed by atoms with van der Waals surface area (Å²) < 4.78 is 0. The van der Waals surface area contributed by atoms with Crippen molar-refractivity contribution >= 4 is 11.3 Å². The Labute approximate surface area is 172 Å². The van der Waals surface area contributed by atoms with Gasteiger partial charge in [0.2, 0.25) is 0 Å². The number of aryl methyl sites for hydroxylation is 4. The van der Waals surface area contributed by atoms with Gasteiger partial charge in [-0.25, -0.2) is 0 Å². The van der Waals surface area contributed by atoms with Crippen molar-refractivity contribution in [3.05, 3.63) is 82.6 Å². The van der Waals surface area contributed by atoms with Gasteiger partial charge in [-0.05, 0) is 87.6 Å². The third-order valence-electron chi connectivity index (χ3n) is 5.61. The molecule has 1 nitrogen and oxygen atoms in total. The van der Waals surface area contributed by atoms with E-state index in [1.807, 2.05) is 0 Å². The first-order valence-electron chi connectivity index (χ1n) is 10.5. The highest BCUT2D eigenvalue weighted by Gasteiger charge is 2.17. The van der Waals surface area contributed by atoms with Gasteiger partial charge < -0.3 is 5.32 Å². The second-order valence-corrected chi connectivity index (χ2v) is 8.34. The van der Waals surface area contributed by atoms with Crippen LogP contribution in [0.2, 0.25) is 0 Å². The van der Waals surface area contributed by atoms with Gasteiger partial charge in [0.15, 0.2) is 0 Å². The van der Waals surface area contributed by atoms with Gasteiger partial charge in [-0.2, -0.15) is 0 Å². The van der Waals surface area contributed by atoms with Crippen LogP contribution in [0.1, 0.15) is 78.8 Å². The first kappa shape index (κ1) is 22.0. The molecule has 0 spiro atoms. The Morgan fingerprint density at radius 3 is 2.18 bits per heavy atom. The molecule has 0 amide bonds. The molecule has 28 heavy (non-hydrogen) atoms. The Balaban J connectivity index is 2.15. The van der Waals surface area contributed by atoms with Crippen molar-refractivity contribution in [1.29, 1.82) is 0 Å². The van der Waals surface area contributed by atoms with Crippen LogP contribution in [0, 0.1) is 27.7 Å². The standard InChI is InChI=1S/C27H37N/c1-9-11-24(26-21(6)16-19(4)17-22(26)7)15-14-23(8)28-27-20(5)12-10-13-25(27)18(2)3/h10,12-13,16-17,24,28H,2,8-9,11,14-15H2,1,3-7H3. The van der Waals surface area contributed by atoms with Crippen LogP contribution in [-0.2, 0) is 0 Å². The van der Waals surface area contributed by atoms with Crippen molar-refractivity contribution < 1.29 is 0 Å². The molecule has 0 aliphatic carbocycles. The molecular weight excluding hydrogens is 338 g/mol. The van der Waals surface area contributed by atoms with Crippen molar-refractivity contribution in [3.8, 4) is 0 Å². The average Bonchev–Trinajstić information content (AvgIpc) is 2.60. The maximum absolute atomic E-state index is 4.34. The molecule has 150 valence electrons. The molecular formula is C27H37N. The highest BCUT2D eigenvalue weighted by molar-refractivity contribution is 5.77. The zero-order valence-corrected chi connectivity index (χ0v) is 18.7. The van der Waals surface area contributed by atoms with Gasteiger partial charge >= 0.3 is 0 Å². The largest absolute Gasteiger partial charge is 0.359 e. The SMILES string of the molecule is C=C(CCC(CCC)c1c(C)cc(C)cc1C)Nc1c(C)cccc1C(=C)C. The van der Waals surface area contributed by atoms with Gasteiger partial charge in [0.25, 0.3) is 0 Å². The molecule has 2 aromatic rings. The van der Waals surface area contributed by atoms with E-state index in [1.54, 1.807) is 5.56 Å². The second kappa shape index (κ2) is 9.78. The summed E-state index contributed by atoms with van der Waals surface area (Å²) in [5, 5.41) is 3.59. The summed E-state index contributed by atoms with van der Waals surface area (Å²) in [5.74, 6) is 0.585. The van der Waals surface area contributed by atoms with E-state index in [0.29, 0.717) is 5.92 Å². The van der Waals surface area contributed by atoms with Crippen LogP contribution in [0.15, 0.2) is 49.2 Å². The molecule has 2 aromatic carbocycles. The van der Waals surface area contributed by atoms with E-state index in [0.717, 1.165) is 29.8 Å². The van der Waals surface area contributed by atoms with Gasteiger partial charge in [0.05, 0.1) is 0 Å². The van der Waals surface area contributed by atoms with E-state index in [9.17, 15) is 0 Å². The van der Waals surface area contributed by atoms with Crippen molar-refractivity contribution in [2.24, 2.45) is 0 Å². The minimum atomic E-state index is 0.585. The first-order chi connectivity index (χ1) is 13.2. The van der Waals surface area contributed by atoms with E-state index in [-0.39, 0.29) is 0 Å². The predicted octanol–water partition coefficient (Wildman–Crippen LogP) is 8.24. The summed E-state index contributed by atoms with van der Waals surface area (Å²) in [4.78, 5) is 0. The van der Waals surface area contributed by atoms with E-state index in [1.165, 1.54) is 40.7 Å². The molecule has 2 rings (SSSR count).